The molecule has 3 aromatic rings. The van der Waals surface area contributed by atoms with Crippen molar-refractivity contribution in [2.24, 2.45) is 5.92 Å². The first-order valence-corrected chi connectivity index (χ1v) is 11.1. The SMILES string of the molecule is COc1ccc(-c2cc(C(=O)N3CCC(C4OCCO4)CC3)nn2-c2ccccc2)cc1. The number of nitrogens with zero attached hydrogens (tertiary/aromatic N) is 3. The van der Waals surface area contributed by atoms with E-state index in [1.54, 1.807) is 7.11 Å². The number of amides is 1. The van der Waals surface area contributed by atoms with Crippen LogP contribution in [0.3, 0.4) is 0 Å². The Labute approximate surface area is 187 Å². The number of ether oxygens (including phenoxy) is 3. The van der Waals surface area contributed by atoms with Gasteiger partial charge in [0.05, 0.1) is 31.7 Å². The van der Waals surface area contributed by atoms with Crippen molar-refractivity contribution in [1.82, 2.24) is 14.7 Å². The molecule has 0 bridgehead atoms. The van der Waals surface area contributed by atoms with E-state index >= 15 is 0 Å². The summed E-state index contributed by atoms with van der Waals surface area (Å²) in [5, 5.41) is 4.72. The lowest BCUT2D eigenvalue weighted by atomic mass is 9.96. The van der Waals surface area contributed by atoms with Crippen LogP contribution in [0.5, 0.6) is 5.75 Å². The zero-order valence-corrected chi connectivity index (χ0v) is 18.1. The van der Waals surface area contributed by atoms with Gasteiger partial charge in [-0.25, -0.2) is 4.68 Å². The van der Waals surface area contributed by atoms with E-state index in [9.17, 15) is 4.79 Å². The second-order valence-electron chi connectivity index (χ2n) is 8.13. The number of rotatable bonds is 5. The first kappa shape index (κ1) is 20.7. The van der Waals surface area contributed by atoms with Crippen molar-refractivity contribution in [3.05, 3.63) is 66.4 Å². The van der Waals surface area contributed by atoms with Crippen molar-refractivity contribution in [2.45, 2.75) is 19.1 Å². The Kier molecular flexibility index (Phi) is 5.92. The maximum Gasteiger partial charge on any atom is 0.274 e. The molecule has 0 aliphatic carbocycles. The molecule has 3 heterocycles. The van der Waals surface area contributed by atoms with E-state index in [1.165, 1.54) is 0 Å². The number of hydrogen-bond acceptors (Lipinski definition) is 5. The number of likely N-dealkylation sites (tertiary alicyclic amines) is 1. The average Bonchev–Trinajstić information content (AvgIpc) is 3.55. The molecule has 2 aliphatic heterocycles. The van der Waals surface area contributed by atoms with Crippen LogP contribution in [0, 0.1) is 5.92 Å². The zero-order chi connectivity index (χ0) is 21.9. The predicted octanol–water partition coefficient (Wildman–Crippen LogP) is 3.77. The van der Waals surface area contributed by atoms with Crippen LogP contribution in [-0.4, -0.2) is 60.3 Å². The van der Waals surface area contributed by atoms with Gasteiger partial charge in [0, 0.05) is 24.6 Å². The monoisotopic (exact) mass is 433 g/mol. The Morgan fingerprint density at radius 2 is 1.69 bits per heavy atom. The summed E-state index contributed by atoms with van der Waals surface area (Å²) < 4.78 is 18.4. The molecule has 7 nitrogen and oxygen atoms in total. The number of benzene rings is 2. The second-order valence-corrected chi connectivity index (χ2v) is 8.13. The highest BCUT2D eigenvalue weighted by Crippen LogP contribution is 2.29. The molecule has 0 atom stereocenters. The molecular formula is C25H27N3O4. The topological polar surface area (TPSA) is 65.8 Å². The van der Waals surface area contributed by atoms with Crippen LogP contribution in [0.2, 0.25) is 0 Å². The van der Waals surface area contributed by atoms with E-state index in [0.717, 1.165) is 35.5 Å². The number of para-hydroxylation sites is 1. The lowest BCUT2D eigenvalue weighted by Gasteiger charge is -2.33. The molecular weight excluding hydrogens is 406 g/mol. The number of piperidine rings is 1. The third kappa shape index (κ3) is 4.13. The van der Waals surface area contributed by atoms with Gasteiger partial charge in [-0.05, 0) is 55.3 Å². The minimum Gasteiger partial charge on any atom is -0.497 e. The molecule has 0 N–H and O–H groups in total. The Bertz CT molecular complexity index is 1050. The highest BCUT2D eigenvalue weighted by molar-refractivity contribution is 5.93. The normalized spacial score (nSPS) is 17.6. The standard InChI is InChI=1S/C25H27N3O4/c1-30-21-9-7-18(8-10-21)23-17-22(26-28(23)20-5-3-2-4-6-20)24(29)27-13-11-19(12-14-27)25-31-15-16-32-25/h2-10,17,19,25H,11-16H2,1H3. The Morgan fingerprint density at radius 1 is 1.00 bits per heavy atom. The van der Waals surface area contributed by atoms with E-state index in [-0.39, 0.29) is 12.2 Å². The molecule has 32 heavy (non-hydrogen) atoms. The van der Waals surface area contributed by atoms with Crippen molar-refractivity contribution in [3.8, 4) is 22.7 Å². The summed E-state index contributed by atoms with van der Waals surface area (Å²) >= 11 is 0. The van der Waals surface area contributed by atoms with Gasteiger partial charge in [-0.2, -0.15) is 5.10 Å². The van der Waals surface area contributed by atoms with Gasteiger partial charge in [-0.1, -0.05) is 18.2 Å². The van der Waals surface area contributed by atoms with Gasteiger partial charge in [0.25, 0.3) is 5.91 Å². The average molecular weight is 434 g/mol. The molecule has 2 fully saturated rings. The Hall–Kier alpha value is -3.16. The summed E-state index contributed by atoms with van der Waals surface area (Å²) in [7, 11) is 1.65. The number of carbonyl (C=O) groups excluding carboxylic acids is 1. The number of aromatic nitrogens is 2. The highest BCUT2D eigenvalue weighted by Gasteiger charge is 2.32. The fourth-order valence-electron chi connectivity index (χ4n) is 4.40. The molecule has 1 aromatic heterocycles. The van der Waals surface area contributed by atoms with Crippen LogP contribution in [-0.2, 0) is 9.47 Å². The molecule has 166 valence electrons. The molecule has 0 radical (unpaired) electrons. The third-order valence-corrected chi connectivity index (χ3v) is 6.17. The van der Waals surface area contributed by atoms with E-state index < -0.39 is 0 Å². The van der Waals surface area contributed by atoms with Crippen LogP contribution in [0.15, 0.2) is 60.7 Å². The molecule has 2 aromatic carbocycles. The summed E-state index contributed by atoms with van der Waals surface area (Å²) in [6.07, 6.45) is 1.63. The van der Waals surface area contributed by atoms with E-state index in [1.807, 2.05) is 70.2 Å². The van der Waals surface area contributed by atoms with E-state index in [4.69, 9.17) is 19.3 Å². The Morgan fingerprint density at radius 3 is 2.34 bits per heavy atom. The molecule has 2 aliphatic rings. The molecule has 7 heteroatoms. The summed E-state index contributed by atoms with van der Waals surface area (Å²) in [6.45, 7) is 2.69. The van der Waals surface area contributed by atoms with Crippen LogP contribution in [0.4, 0.5) is 0 Å². The van der Waals surface area contributed by atoms with Gasteiger partial charge in [0.15, 0.2) is 12.0 Å². The number of carbonyl (C=O) groups is 1. The summed E-state index contributed by atoms with van der Waals surface area (Å²) in [6, 6.07) is 19.5. The molecule has 0 spiro atoms. The lowest BCUT2D eigenvalue weighted by molar-refractivity contribution is -0.0956. The minimum atomic E-state index is -0.119. The van der Waals surface area contributed by atoms with Gasteiger partial charge in [0.2, 0.25) is 0 Å². The lowest BCUT2D eigenvalue weighted by Crippen LogP contribution is -2.41. The highest BCUT2D eigenvalue weighted by atomic mass is 16.7. The van der Waals surface area contributed by atoms with E-state index in [0.29, 0.717) is 37.9 Å². The Balaban J connectivity index is 1.40. The van der Waals surface area contributed by atoms with E-state index in [2.05, 4.69) is 0 Å². The molecule has 5 rings (SSSR count). The number of hydrogen-bond donors (Lipinski definition) is 0. The molecule has 1 amide bonds. The van der Waals surface area contributed by atoms with Gasteiger partial charge < -0.3 is 19.1 Å². The van der Waals surface area contributed by atoms with Gasteiger partial charge in [-0.3, -0.25) is 4.79 Å². The quantitative estimate of drug-likeness (QED) is 0.613. The van der Waals surface area contributed by atoms with Crippen molar-refractivity contribution >= 4 is 5.91 Å². The minimum absolute atomic E-state index is 0.0406. The van der Waals surface area contributed by atoms with Crippen molar-refractivity contribution in [2.75, 3.05) is 33.4 Å². The summed E-state index contributed by atoms with van der Waals surface area (Å²) in [4.78, 5) is 15.2. The van der Waals surface area contributed by atoms with Crippen molar-refractivity contribution < 1.29 is 19.0 Å². The molecule has 0 saturated carbocycles. The van der Waals surface area contributed by atoms with Gasteiger partial charge in [-0.15, -0.1) is 0 Å². The van der Waals surface area contributed by atoms with Crippen molar-refractivity contribution in [1.29, 1.82) is 0 Å². The maximum absolute atomic E-state index is 13.3. The van der Waals surface area contributed by atoms with Gasteiger partial charge in [0.1, 0.15) is 5.75 Å². The van der Waals surface area contributed by atoms with Crippen LogP contribution < -0.4 is 4.74 Å². The first-order chi connectivity index (χ1) is 15.7. The molecule has 0 unspecified atom stereocenters. The largest absolute Gasteiger partial charge is 0.497 e. The summed E-state index contributed by atoms with van der Waals surface area (Å²) in [5.74, 6) is 1.09. The van der Waals surface area contributed by atoms with Crippen molar-refractivity contribution in [3.63, 3.8) is 0 Å². The number of methoxy groups -OCH3 is 1. The molecule has 2 saturated heterocycles. The third-order valence-electron chi connectivity index (χ3n) is 6.17. The van der Waals surface area contributed by atoms with Crippen LogP contribution in [0.25, 0.3) is 16.9 Å². The van der Waals surface area contributed by atoms with Crippen LogP contribution in [0.1, 0.15) is 23.3 Å². The second kappa shape index (κ2) is 9.14. The zero-order valence-electron chi connectivity index (χ0n) is 18.1. The first-order valence-electron chi connectivity index (χ1n) is 11.1. The summed E-state index contributed by atoms with van der Waals surface area (Å²) in [5.41, 5.74) is 3.19. The van der Waals surface area contributed by atoms with Crippen LogP contribution >= 0.6 is 0 Å². The predicted molar refractivity (Wildman–Crippen MR) is 120 cm³/mol. The maximum atomic E-state index is 13.3. The fraction of sp³-hybridized carbons (Fsp3) is 0.360. The smallest absolute Gasteiger partial charge is 0.274 e. The fourth-order valence-corrected chi connectivity index (χ4v) is 4.40. The van der Waals surface area contributed by atoms with Gasteiger partial charge >= 0.3 is 0 Å².